The Morgan fingerprint density at radius 3 is 2.09 bits per heavy atom. The van der Waals surface area contributed by atoms with Gasteiger partial charge in [-0.15, -0.1) is 0 Å². The summed E-state index contributed by atoms with van der Waals surface area (Å²) in [7, 11) is -3.32. The fourth-order valence-electron chi connectivity index (χ4n) is 1.54. The number of hydrazine groups is 1. The number of hydrogen-bond donors (Lipinski definition) is 2. The van der Waals surface area contributed by atoms with Crippen LogP contribution in [0.1, 0.15) is 20.9 Å². The van der Waals surface area contributed by atoms with Crippen LogP contribution >= 0.6 is 15.9 Å². The molecule has 0 fully saturated rings. The van der Waals surface area contributed by atoms with Gasteiger partial charge in [-0.3, -0.25) is 20.4 Å². The van der Waals surface area contributed by atoms with Crippen molar-refractivity contribution in [3.05, 3.63) is 52.4 Å². The summed E-state index contributed by atoms with van der Waals surface area (Å²) in [6, 6.07) is 8.31. The normalized spacial score (nSPS) is 11.0. The molecule has 7 nitrogen and oxygen atoms in total. The van der Waals surface area contributed by atoms with Crippen molar-refractivity contribution in [1.82, 2.24) is 10.9 Å². The lowest BCUT2D eigenvalue weighted by molar-refractivity contribution is 0.0830. The maximum absolute atomic E-state index is 11.8. The van der Waals surface area contributed by atoms with Crippen LogP contribution < -0.4 is 10.9 Å². The van der Waals surface area contributed by atoms with E-state index in [-0.39, 0.29) is 16.2 Å². The van der Waals surface area contributed by atoms with Crippen LogP contribution in [0.25, 0.3) is 0 Å². The number of sulfone groups is 1. The quantitative estimate of drug-likeness (QED) is 0.777. The maximum atomic E-state index is 11.8. The van der Waals surface area contributed by atoms with E-state index < -0.39 is 21.7 Å². The molecular formula is C13H11BrN2O5S. The van der Waals surface area contributed by atoms with E-state index in [0.717, 1.165) is 6.26 Å². The van der Waals surface area contributed by atoms with Gasteiger partial charge in [0.1, 0.15) is 0 Å². The van der Waals surface area contributed by atoms with Crippen molar-refractivity contribution >= 4 is 37.6 Å². The Balaban J connectivity index is 1.99. The SMILES string of the molecule is CS(=O)(=O)c1ccc(C(=O)NNC(=O)c2ccc(Br)o2)cc1. The van der Waals surface area contributed by atoms with Crippen molar-refractivity contribution in [2.75, 3.05) is 6.26 Å². The summed E-state index contributed by atoms with van der Waals surface area (Å²) >= 11 is 3.06. The molecule has 1 aromatic carbocycles. The molecule has 0 aliphatic rings. The smallest absolute Gasteiger partial charge is 0.305 e. The van der Waals surface area contributed by atoms with E-state index in [4.69, 9.17) is 4.42 Å². The van der Waals surface area contributed by atoms with E-state index in [1.165, 1.54) is 30.3 Å². The zero-order valence-electron chi connectivity index (χ0n) is 11.3. The molecule has 0 saturated carbocycles. The molecule has 2 N–H and O–H groups in total. The van der Waals surface area contributed by atoms with Crippen LogP contribution in [0, 0.1) is 0 Å². The lowest BCUT2D eigenvalue weighted by Gasteiger charge is -2.06. The minimum atomic E-state index is -3.32. The second-order valence-electron chi connectivity index (χ2n) is 4.31. The number of hydrogen-bond acceptors (Lipinski definition) is 5. The largest absolute Gasteiger partial charge is 0.444 e. The second-order valence-corrected chi connectivity index (χ2v) is 7.11. The van der Waals surface area contributed by atoms with Crippen molar-refractivity contribution in [3.8, 4) is 0 Å². The topological polar surface area (TPSA) is 105 Å². The minimum Gasteiger partial charge on any atom is -0.444 e. The average Bonchev–Trinajstić information content (AvgIpc) is 2.90. The lowest BCUT2D eigenvalue weighted by atomic mass is 10.2. The van der Waals surface area contributed by atoms with Crippen LogP contribution in [0.2, 0.25) is 0 Å². The van der Waals surface area contributed by atoms with E-state index in [1.807, 2.05) is 0 Å². The Morgan fingerprint density at radius 1 is 1.00 bits per heavy atom. The standard InChI is InChI=1S/C13H11BrN2O5S/c1-22(19,20)9-4-2-8(3-5-9)12(17)15-16-13(18)10-6-7-11(14)21-10/h2-7H,1H3,(H,15,17)(H,16,18). The van der Waals surface area contributed by atoms with Crippen LogP contribution in [0.15, 0.2) is 50.4 Å². The van der Waals surface area contributed by atoms with E-state index in [2.05, 4.69) is 26.8 Å². The van der Waals surface area contributed by atoms with E-state index >= 15 is 0 Å². The lowest BCUT2D eigenvalue weighted by Crippen LogP contribution is -2.41. The van der Waals surface area contributed by atoms with Gasteiger partial charge in [0.05, 0.1) is 4.90 Å². The van der Waals surface area contributed by atoms with Gasteiger partial charge in [-0.2, -0.15) is 0 Å². The number of nitrogens with one attached hydrogen (secondary N) is 2. The Kier molecular flexibility index (Phi) is 4.67. The van der Waals surface area contributed by atoms with Crippen LogP contribution in [0.3, 0.4) is 0 Å². The van der Waals surface area contributed by atoms with Crippen LogP contribution in [0.5, 0.6) is 0 Å². The monoisotopic (exact) mass is 386 g/mol. The van der Waals surface area contributed by atoms with Crippen molar-refractivity contribution in [2.24, 2.45) is 0 Å². The first-order valence-electron chi connectivity index (χ1n) is 5.93. The molecular weight excluding hydrogens is 376 g/mol. The fourth-order valence-corrected chi connectivity index (χ4v) is 2.47. The molecule has 1 aromatic heterocycles. The Morgan fingerprint density at radius 2 is 1.59 bits per heavy atom. The number of benzene rings is 1. The van der Waals surface area contributed by atoms with Gasteiger partial charge in [0.25, 0.3) is 5.91 Å². The molecule has 0 radical (unpaired) electrons. The molecule has 0 bridgehead atoms. The molecule has 0 aliphatic carbocycles. The number of carbonyl (C=O) groups excluding carboxylic acids is 2. The highest BCUT2D eigenvalue weighted by atomic mass is 79.9. The van der Waals surface area contributed by atoms with Crippen molar-refractivity contribution in [1.29, 1.82) is 0 Å². The third-order valence-corrected chi connectivity index (χ3v) is 4.19. The number of amides is 2. The zero-order chi connectivity index (χ0) is 16.3. The fraction of sp³-hybridized carbons (Fsp3) is 0.0769. The van der Waals surface area contributed by atoms with Gasteiger partial charge in [-0.1, -0.05) is 0 Å². The number of halogens is 1. The van der Waals surface area contributed by atoms with Gasteiger partial charge in [0.15, 0.2) is 20.3 Å². The van der Waals surface area contributed by atoms with Gasteiger partial charge < -0.3 is 4.42 Å². The first kappa shape index (κ1) is 16.2. The molecule has 9 heteroatoms. The molecule has 116 valence electrons. The van der Waals surface area contributed by atoms with E-state index in [1.54, 1.807) is 6.07 Å². The predicted molar refractivity (Wildman–Crippen MR) is 80.9 cm³/mol. The van der Waals surface area contributed by atoms with Gasteiger partial charge in [-0.05, 0) is 52.3 Å². The molecule has 0 unspecified atom stereocenters. The summed E-state index contributed by atoms with van der Waals surface area (Å²) < 4.78 is 28.0. The van der Waals surface area contributed by atoms with E-state index in [0.29, 0.717) is 4.67 Å². The third-order valence-electron chi connectivity index (χ3n) is 2.63. The van der Waals surface area contributed by atoms with Gasteiger partial charge in [0, 0.05) is 11.8 Å². The summed E-state index contributed by atoms with van der Waals surface area (Å²) in [5.41, 5.74) is 4.59. The summed E-state index contributed by atoms with van der Waals surface area (Å²) in [5, 5.41) is 0. The molecule has 2 amide bonds. The molecule has 1 heterocycles. The highest BCUT2D eigenvalue weighted by Crippen LogP contribution is 2.13. The minimum absolute atomic E-state index is 0.0274. The summed E-state index contributed by atoms with van der Waals surface area (Å²) in [4.78, 5) is 23.6. The summed E-state index contributed by atoms with van der Waals surface area (Å²) in [6.07, 6.45) is 1.07. The summed E-state index contributed by atoms with van der Waals surface area (Å²) in [6.45, 7) is 0. The van der Waals surface area contributed by atoms with Crippen molar-refractivity contribution in [3.63, 3.8) is 0 Å². The van der Waals surface area contributed by atoms with Crippen molar-refractivity contribution in [2.45, 2.75) is 4.90 Å². The predicted octanol–water partition coefficient (Wildman–Crippen LogP) is 1.52. The zero-order valence-corrected chi connectivity index (χ0v) is 13.7. The van der Waals surface area contributed by atoms with Crippen LogP contribution in [-0.4, -0.2) is 26.5 Å². The Bertz CT molecular complexity index is 811. The average molecular weight is 387 g/mol. The molecule has 2 rings (SSSR count). The molecule has 0 atom stereocenters. The summed E-state index contributed by atoms with van der Waals surface area (Å²) in [5.74, 6) is -1.18. The highest BCUT2D eigenvalue weighted by molar-refractivity contribution is 9.10. The van der Waals surface area contributed by atoms with Crippen molar-refractivity contribution < 1.29 is 22.4 Å². The Labute approximate surface area is 134 Å². The van der Waals surface area contributed by atoms with Crippen LogP contribution in [0.4, 0.5) is 0 Å². The second kappa shape index (κ2) is 6.32. The Hall–Kier alpha value is -2.13. The highest BCUT2D eigenvalue weighted by Gasteiger charge is 2.13. The van der Waals surface area contributed by atoms with E-state index in [9.17, 15) is 18.0 Å². The first-order chi connectivity index (χ1) is 10.3. The molecule has 0 spiro atoms. The van der Waals surface area contributed by atoms with Crippen LogP contribution in [-0.2, 0) is 9.84 Å². The van der Waals surface area contributed by atoms with Gasteiger partial charge >= 0.3 is 5.91 Å². The maximum Gasteiger partial charge on any atom is 0.305 e. The number of furan rings is 1. The molecule has 22 heavy (non-hydrogen) atoms. The van der Waals surface area contributed by atoms with Gasteiger partial charge in [0.2, 0.25) is 0 Å². The molecule has 0 aliphatic heterocycles. The number of rotatable bonds is 3. The first-order valence-corrected chi connectivity index (χ1v) is 8.62. The molecule has 0 saturated heterocycles. The molecule has 2 aromatic rings. The van der Waals surface area contributed by atoms with Gasteiger partial charge in [-0.25, -0.2) is 8.42 Å². The third kappa shape index (κ3) is 3.95. The number of carbonyl (C=O) groups is 2.